The molecule has 98 valence electrons. The molecule has 1 aliphatic rings. The van der Waals surface area contributed by atoms with Crippen molar-refractivity contribution >= 4 is 44.2 Å². The Labute approximate surface area is 121 Å². The van der Waals surface area contributed by atoms with Crippen LogP contribution in [0.4, 0.5) is 0 Å². The topological polar surface area (TPSA) is 17.1 Å². The van der Waals surface area contributed by atoms with Crippen molar-refractivity contribution in [3.05, 3.63) is 65.4 Å². The van der Waals surface area contributed by atoms with Crippen LogP contribution in [0.15, 0.2) is 54.6 Å². The van der Waals surface area contributed by atoms with E-state index in [-0.39, 0.29) is 5.78 Å². The minimum absolute atomic E-state index is 0.227. The van der Waals surface area contributed by atoms with E-state index in [1.165, 1.54) is 32.1 Å². The van der Waals surface area contributed by atoms with E-state index in [0.717, 1.165) is 10.9 Å². The first-order valence-electron chi connectivity index (χ1n) is 7.23. The Balaban J connectivity index is 2.19. The van der Waals surface area contributed by atoms with Gasteiger partial charge >= 0.3 is 0 Å². The minimum atomic E-state index is 0.227. The van der Waals surface area contributed by atoms with Crippen molar-refractivity contribution in [2.75, 3.05) is 0 Å². The van der Waals surface area contributed by atoms with Crippen LogP contribution in [0.2, 0.25) is 0 Å². The molecular weight excluding hydrogens is 256 g/mol. The Kier molecular flexibility index (Phi) is 1.95. The van der Waals surface area contributed by atoms with Crippen LogP contribution in [0.5, 0.6) is 0 Å². The van der Waals surface area contributed by atoms with Crippen LogP contribution >= 0.6 is 0 Å². The first-order valence-corrected chi connectivity index (χ1v) is 7.23. The highest BCUT2D eigenvalue weighted by molar-refractivity contribution is 6.26. The molecule has 0 amide bonds. The maximum atomic E-state index is 12.2. The van der Waals surface area contributed by atoms with Gasteiger partial charge in [0, 0.05) is 17.4 Å². The summed E-state index contributed by atoms with van der Waals surface area (Å²) in [6.45, 7) is 0. The van der Waals surface area contributed by atoms with Gasteiger partial charge in [-0.05, 0) is 38.2 Å². The predicted molar refractivity (Wildman–Crippen MR) is 87.6 cm³/mol. The van der Waals surface area contributed by atoms with Crippen LogP contribution in [-0.2, 0) is 0 Å². The van der Waals surface area contributed by atoms with E-state index in [2.05, 4.69) is 54.6 Å². The van der Waals surface area contributed by atoms with Crippen molar-refractivity contribution in [2.24, 2.45) is 0 Å². The van der Waals surface area contributed by atoms with Crippen LogP contribution in [-0.4, -0.2) is 5.78 Å². The second-order valence-electron chi connectivity index (χ2n) is 5.72. The molecule has 0 saturated carbocycles. The molecule has 0 spiro atoms. The Morgan fingerprint density at radius 1 is 0.762 bits per heavy atom. The molecule has 0 N–H and O–H groups in total. The third-order valence-corrected chi connectivity index (χ3v) is 4.59. The molecule has 4 aromatic carbocycles. The van der Waals surface area contributed by atoms with Gasteiger partial charge in [-0.3, -0.25) is 4.79 Å². The van der Waals surface area contributed by atoms with E-state index in [1.54, 1.807) is 0 Å². The van der Waals surface area contributed by atoms with Gasteiger partial charge in [-0.1, -0.05) is 54.6 Å². The van der Waals surface area contributed by atoms with Gasteiger partial charge in [0.05, 0.1) is 0 Å². The van der Waals surface area contributed by atoms with E-state index in [0.29, 0.717) is 6.42 Å². The van der Waals surface area contributed by atoms with Crippen molar-refractivity contribution in [2.45, 2.75) is 6.42 Å². The number of benzene rings is 4. The van der Waals surface area contributed by atoms with Crippen LogP contribution < -0.4 is 5.22 Å². The zero-order chi connectivity index (χ0) is 14.0. The van der Waals surface area contributed by atoms with E-state index < -0.39 is 0 Å². The van der Waals surface area contributed by atoms with Gasteiger partial charge in [0.15, 0.2) is 5.78 Å². The summed E-state index contributed by atoms with van der Waals surface area (Å²) in [6, 6.07) is 19.1. The number of carbonyl (C=O) groups is 1. The summed E-state index contributed by atoms with van der Waals surface area (Å²) in [5.74, 6) is 0.227. The number of fused-ring (bicyclic) bond motifs is 2. The predicted octanol–water partition coefficient (Wildman–Crippen LogP) is 4.23. The third kappa shape index (κ3) is 1.33. The molecular formula is C20H12O. The molecule has 0 bridgehead atoms. The molecule has 0 fully saturated rings. The summed E-state index contributed by atoms with van der Waals surface area (Å²) in [4.78, 5) is 12.2. The fourth-order valence-electron chi connectivity index (χ4n) is 3.64. The zero-order valence-electron chi connectivity index (χ0n) is 11.4. The molecule has 5 rings (SSSR count). The third-order valence-electron chi connectivity index (χ3n) is 4.59. The summed E-state index contributed by atoms with van der Waals surface area (Å²) in [5, 5.41) is 8.52. The smallest absolute Gasteiger partial charge is 0.167 e. The molecule has 0 aromatic heterocycles. The lowest BCUT2D eigenvalue weighted by Crippen LogP contribution is -2.14. The van der Waals surface area contributed by atoms with Crippen LogP contribution in [0.3, 0.4) is 0 Å². The second kappa shape index (κ2) is 3.70. The monoisotopic (exact) mass is 268 g/mol. The van der Waals surface area contributed by atoms with E-state index in [1.807, 2.05) is 6.07 Å². The molecule has 1 aliphatic carbocycles. The first kappa shape index (κ1) is 11.0. The van der Waals surface area contributed by atoms with Crippen molar-refractivity contribution in [1.82, 2.24) is 0 Å². The van der Waals surface area contributed by atoms with Gasteiger partial charge in [-0.15, -0.1) is 0 Å². The number of ketones is 1. The molecule has 0 radical (unpaired) electrons. The lowest BCUT2D eigenvalue weighted by Gasteiger charge is -2.15. The average Bonchev–Trinajstić information content (AvgIpc) is 2.54. The van der Waals surface area contributed by atoms with Gasteiger partial charge in [-0.2, -0.15) is 0 Å². The van der Waals surface area contributed by atoms with E-state index in [9.17, 15) is 4.79 Å². The fourth-order valence-corrected chi connectivity index (χ4v) is 3.64. The zero-order valence-corrected chi connectivity index (χ0v) is 11.4. The summed E-state index contributed by atoms with van der Waals surface area (Å²) < 4.78 is 0. The molecule has 21 heavy (non-hydrogen) atoms. The normalized spacial score (nSPS) is 14.0. The SMILES string of the molecule is O=C1CC=c2ccc3cc4ccccc4c4ccc1c2c34. The van der Waals surface area contributed by atoms with Gasteiger partial charge in [-0.25, -0.2) is 0 Å². The molecule has 1 nitrogen and oxygen atoms in total. The quantitative estimate of drug-likeness (QED) is 0.344. The van der Waals surface area contributed by atoms with Gasteiger partial charge in [0.2, 0.25) is 0 Å². The lowest BCUT2D eigenvalue weighted by molar-refractivity contribution is 0.1000. The van der Waals surface area contributed by atoms with E-state index in [4.69, 9.17) is 0 Å². The average molecular weight is 268 g/mol. The van der Waals surface area contributed by atoms with Gasteiger partial charge < -0.3 is 0 Å². The largest absolute Gasteiger partial charge is 0.294 e. The molecule has 0 aliphatic heterocycles. The van der Waals surface area contributed by atoms with Crippen molar-refractivity contribution in [1.29, 1.82) is 0 Å². The number of hydrogen-bond acceptors (Lipinski definition) is 1. The highest BCUT2D eigenvalue weighted by atomic mass is 16.1. The number of hydrogen-bond donors (Lipinski definition) is 0. The van der Waals surface area contributed by atoms with Crippen molar-refractivity contribution in [3.8, 4) is 0 Å². The molecule has 4 aromatic rings. The first-order chi connectivity index (χ1) is 10.3. The Morgan fingerprint density at radius 2 is 1.67 bits per heavy atom. The Hall–Kier alpha value is -2.67. The van der Waals surface area contributed by atoms with Gasteiger partial charge in [0.25, 0.3) is 0 Å². The second-order valence-corrected chi connectivity index (χ2v) is 5.72. The maximum Gasteiger partial charge on any atom is 0.167 e. The highest BCUT2D eigenvalue weighted by Gasteiger charge is 2.17. The Bertz CT molecular complexity index is 1120. The summed E-state index contributed by atoms with van der Waals surface area (Å²) >= 11 is 0. The van der Waals surface area contributed by atoms with Gasteiger partial charge in [0.1, 0.15) is 0 Å². The van der Waals surface area contributed by atoms with Crippen LogP contribution in [0.1, 0.15) is 16.8 Å². The van der Waals surface area contributed by atoms with Crippen LogP contribution in [0, 0.1) is 0 Å². The lowest BCUT2D eigenvalue weighted by atomic mass is 9.87. The Morgan fingerprint density at radius 3 is 2.62 bits per heavy atom. The number of rotatable bonds is 0. The molecule has 0 atom stereocenters. The van der Waals surface area contributed by atoms with Crippen molar-refractivity contribution in [3.63, 3.8) is 0 Å². The molecule has 1 heteroatoms. The van der Waals surface area contributed by atoms with Crippen LogP contribution in [0.25, 0.3) is 38.4 Å². The number of Topliss-reactive ketones (excluding diaryl/α,β-unsaturated/α-hetero) is 1. The summed E-state index contributed by atoms with van der Waals surface area (Å²) in [5.41, 5.74) is 0.876. The minimum Gasteiger partial charge on any atom is -0.294 e. The molecule has 0 heterocycles. The molecule has 0 unspecified atom stereocenters. The summed E-state index contributed by atoms with van der Waals surface area (Å²) in [7, 11) is 0. The van der Waals surface area contributed by atoms with E-state index >= 15 is 0 Å². The number of carbonyl (C=O) groups excluding carboxylic acids is 1. The summed E-state index contributed by atoms with van der Waals surface area (Å²) in [6.07, 6.45) is 2.57. The van der Waals surface area contributed by atoms with Crippen molar-refractivity contribution < 1.29 is 4.79 Å². The maximum absolute atomic E-state index is 12.2. The molecule has 0 saturated heterocycles. The highest BCUT2D eigenvalue weighted by Crippen LogP contribution is 2.34. The fraction of sp³-hybridized carbons (Fsp3) is 0.0500. The standard InChI is InChI=1S/C20H12O/c21-18-10-7-12-5-6-14-11-13-3-1-2-4-15(13)16-8-9-17(18)19(12)20(14)16/h1-9,11H,10H2.